The monoisotopic (exact) mass is 434 g/mol. The number of likely N-dealkylation sites (tertiary alicyclic amines) is 1. The number of pyridine rings is 2. The van der Waals surface area contributed by atoms with Crippen molar-refractivity contribution in [3.63, 3.8) is 0 Å². The summed E-state index contributed by atoms with van der Waals surface area (Å²) in [6.45, 7) is 1.24. The van der Waals surface area contributed by atoms with Gasteiger partial charge in [-0.3, -0.25) is 19.1 Å². The van der Waals surface area contributed by atoms with Crippen LogP contribution >= 0.6 is 0 Å². The Balaban J connectivity index is 1.41. The molecular formula is C23H26N6O3. The van der Waals surface area contributed by atoms with Crippen LogP contribution in [0.1, 0.15) is 46.3 Å². The summed E-state index contributed by atoms with van der Waals surface area (Å²) >= 11 is 0. The lowest BCUT2D eigenvalue weighted by Crippen LogP contribution is -2.61. The summed E-state index contributed by atoms with van der Waals surface area (Å²) in [5.74, 6) is -0.127. The minimum absolute atomic E-state index is 0.127. The number of rotatable bonds is 5. The summed E-state index contributed by atoms with van der Waals surface area (Å²) in [7, 11) is 2.06. The Bertz CT molecular complexity index is 1170. The molecule has 1 unspecified atom stereocenters. The van der Waals surface area contributed by atoms with Gasteiger partial charge in [0.05, 0.1) is 23.5 Å². The normalized spacial score (nSPS) is 18.4. The Kier molecular flexibility index (Phi) is 5.26. The number of amides is 2. The highest BCUT2D eigenvalue weighted by molar-refractivity contribution is 5.95. The highest BCUT2D eigenvalue weighted by Gasteiger charge is 2.35. The van der Waals surface area contributed by atoms with Crippen LogP contribution in [0.25, 0.3) is 5.65 Å². The fourth-order valence-electron chi connectivity index (χ4n) is 4.80. The van der Waals surface area contributed by atoms with Crippen LogP contribution in [0, 0.1) is 0 Å². The molecule has 9 nitrogen and oxygen atoms in total. The quantitative estimate of drug-likeness (QED) is 0.639. The van der Waals surface area contributed by atoms with Crippen molar-refractivity contribution in [2.24, 2.45) is 0 Å². The van der Waals surface area contributed by atoms with E-state index in [4.69, 9.17) is 10.1 Å². The fraction of sp³-hybridized carbons (Fsp3) is 0.391. The van der Waals surface area contributed by atoms with Crippen molar-refractivity contribution in [1.82, 2.24) is 29.5 Å². The van der Waals surface area contributed by atoms with E-state index in [0.717, 1.165) is 36.3 Å². The number of imidazole rings is 1. The van der Waals surface area contributed by atoms with Gasteiger partial charge in [0.15, 0.2) is 0 Å². The van der Waals surface area contributed by atoms with Crippen molar-refractivity contribution in [1.29, 1.82) is 0 Å². The van der Waals surface area contributed by atoms with Gasteiger partial charge in [0, 0.05) is 32.0 Å². The van der Waals surface area contributed by atoms with E-state index >= 15 is 0 Å². The van der Waals surface area contributed by atoms with E-state index in [1.807, 2.05) is 41.1 Å². The molecule has 2 N–H and O–H groups in total. The zero-order valence-electron chi connectivity index (χ0n) is 17.9. The van der Waals surface area contributed by atoms with E-state index < -0.39 is 6.09 Å². The third-order valence-corrected chi connectivity index (χ3v) is 6.40. The van der Waals surface area contributed by atoms with Crippen LogP contribution < -0.4 is 5.32 Å². The lowest BCUT2D eigenvalue weighted by Gasteiger charge is -2.39. The van der Waals surface area contributed by atoms with Gasteiger partial charge >= 0.3 is 6.09 Å². The van der Waals surface area contributed by atoms with Crippen LogP contribution in [0.5, 0.6) is 0 Å². The lowest BCUT2D eigenvalue weighted by molar-refractivity contribution is 0.0554. The van der Waals surface area contributed by atoms with Gasteiger partial charge in [0.1, 0.15) is 11.3 Å². The molecule has 0 aromatic carbocycles. The molecule has 1 aliphatic carbocycles. The van der Waals surface area contributed by atoms with Gasteiger partial charge < -0.3 is 15.3 Å². The van der Waals surface area contributed by atoms with Gasteiger partial charge in [-0.15, -0.1) is 0 Å². The Hall–Kier alpha value is -3.46. The van der Waals surface area contributed by atoms with Crippen LogP contribution in [0.15, 0.2) is 42.7 Å². The molecule has 2 amide bonds. The molecule has 0 bridgehead atoms. The van der Waals surface area contributed by atoms with E-state index in [0.29, 0.717) is 25.3 Å². The third kappa shape index (κ3) is 3.69. The van der Waals surface area contributed by atoms with Gasteiger partial charge in [-0.1, -0.05) is 12.1 Å². The molecule has 1 atom stereocenters. The molecule has 0 radical (unpaired) electrons. The predicted molar refractivity (Wildman–Crippen MR) is 117 cm³/mol. The van der Waals surface area contributed by atoms with E-state index in [1.54, 1.807) is 4.90 Å². The third-order valence-electron chi connectivity index (χ3n) is 6.40. The summed E-state index contributed by atoms with van der Waals surface area (Å²) in [6, 6.07) is 9.76. The first-order valence-corrected chi connectivity index (χ1v) is 10.9. The standard InChI is InChI=1S/C23H26N6O3/c1-27(18-8-4-6-15-7-5-10-24-20(15)18)14-17-21(29-11-3-2-9-19(29)26-17)22(30)28-12-16(13-28)25-23(31)32/h2-3,5,7,9-11,16,18,25H,4,6,8,12-14H2,1H3,(H,31,32). The highest BCUT2D eigenvalue weighted by atomic mass is 16.4. The second-order valence-corrected chi connectivity index (χ2v) is 8.56. The summed E-state index contributed by atoms with van der Waals surface area (Å²) in [5, 5.41) is 11.3. The fourth-order valence-corrected chi connectivity index (χ4v) is 4.80. The zero-order valence-corrected chi connectivity index (χ0v) is 17.9. The zero-order chi connectivity index (χ0) is 22.2. The number of aromatic nitrogens is 3. The molecule has 3 aromatic heterocycles. The summed E-state index contributed by atoms with van der Waals surface area (Å²) < 4.78 is 1.83. The smallest absolute Gasteiger partial charge is 0.405 e. The largest absolute Gasteiger partial charge is 0.465 e. The van der Waals surface area contributed by atoms with Crippen LogP contribution in [-0.4, -0.2) is 67.5 Å². The molecule has 0 saturated carbocycles. The average molecular weight is 435 g/mol. The maximum atomic E-state index is 13.4. The molecular weight excluding hydrogens is 408 g/mol. The molecule has 1 fully saturated rings. The number of nitrogens with one attached hydrogen (secondary N) is 1. The number of carbonyl (C=O) groups excluding carboxylic acids is 1. The number of hydrogen-bond donors (Lipinski definition) is 2. The minimum Gasteiger partial charge on any atom is -0.465 e. The number of nitrogens with zero attached hydrogens (tertiary/aromatic N) is 5. The SMILES string of the molecule is CN(Cc1nc2ccccn2c1C(=O)N1CC(NC(=O)O)C1)C1CCCc2cccnc21. The van der Waals surface area contributed by atoms with Crippen LogP contribution in [-0.2, 0) is 13.0 Å². The maximum Gasteiger partial charge on any atom is 0.405 e. The van der Waals surface area contributed by atoms with Crippen molar-refractivity contribution in [3.8, 4) is 0 Å². The van der Waals surface area contributed by atoms with Gasteiger partial charge in [0.2, 0.25) is 0 Å². The molecule has 5 rings (SSSR count). The van der Waals surface area contributed by atoms with Gasteiger partial charge in [0.25, 0.3) is 5.91 Å². The number of aryl methyl sites for hydroxylation is 1. The number of hydrogen-bond acceptors (Lipinski definition) is 5. The maximum absolute atomic E-state index is 13.4. The molecule has 9 heteroatoms. The average Bonchev–Trinajstić information content (AvgIpc) is 3.12. The first-order chi connectivity index (χ1) is 15.5. The van der Waals surface area contributed by atoms with Crippen molar-refractivity contribution >= 4 is 17.6 Å². The number of carboxylic acid groups (broad SMARTS) is 1. The van der Waals surface area contributed by atoms with Crippen molar-refractivity contribution in [3.05, 3.63) is 65.4 Å². The minimum atomic E-state index is -1.07. The van der Waals surface area contributed by atoms with Crippen LogP contribution in [0.3, 0.4) is 0 Å². The number of carbonyl (C=O) groups is 2. The van der Waals surface area contributed by atoms with E-state index in [-0.39, 0.29) is 18.0 Å². The summed E-state index contributed by atoms with van der Waals surface area (Å²) in [4.78, 5) is 37.5. The second-order valence-electron chi connectivity index (χ2n) is 8.56. The van der Waals surface area contributed by atoms with Gasteiger partial charge in [-0.2, -0.15) is 0 Å². The van der Waals surface area contributed by atoms with E-state index in [1.165, 1.54) is 5.56 Å². The van der Waals surface area contributed by atoms with Crippen molar-refractivity contribution in [2.75, 3.05) is 20.1 Å². The lowest BCUT2D eigenvalue weighted by atomic mass is 9.91. The van der Waals surface area contributed by atoms with Crippen LogP contribution in [0.4, 0.5) is 4.79 Å². The van der Waals surface area contributed by atoms with E-state index in [2.05, 4.69) is 28.3 Å². The highest BCUT2D eigenvalue weighted by Crippen LogP contribution is 2.33. The first kappa shape index (κ1) is 20.4. The summed E-state index contributed by atoms with van der Waals surface area (Å²) in [5.41, 5.74) is 4.39. The molecule has 0 spiro atoms. The Morgan fingerprint density at radius 2 is 2.09 bits per heavy atom. The molecule has 32 heavy (non-hydrogen) atoms. The van der Waals surface area contributed by atoms with Gasteiger partial charge in [-0.25, -0.2) is 9.78 Å². The molecule has 2 aliphatic rings. The molecule has 1 aliphatic heterocycles. The second kappa shape index (κ2) is 8.23. The molecule has 166 valence electrons. The van der Waals surface area contributed by atoms with E-state index in [9.17, 15) is 9.59 Å². The predicted octanol–water partition coefficient (Wildman–Crippen LogP) is 2.33. The van der Waals surface area contributed by atoms with Crippen LogP contribution in [0.2, 0.25) is 0 Å². The Labute approximate surface area is 185 Å². The van der Waals surface area contributed by atoms with Crippen molar-refractivity contribution in [2.45, 2.75) is 37.9 Å². The summed E-state index contributed by atoms with van der Waals surface area (Å²) in [6.07, 6.45) is 5.80. The van der Waals surface area contributed by atoms with Crippen molar-refractivity contribution < 1.29 is 14.7 Å². The topological polar surface area (TPSA) is 103 Å². The molecule has 1 saturated heterocycles. The Morgan fingerprint density at radius 3 is 2.91 bits per heavy atom. The molecule has 4 heterocycles. The Morgan fingerprint density at radius 1 is 1.25 bits per heavy atom. The molecule has 3 aromatic rings. The van der Waals surface area contributed by atoms with Gasteiger partial charge in [-0.05, 0) is 50.1 Å². The number of fused-ring (bicyclic) bond motifs is 2. The first-order valence-electron chi connectivity index (χ1n) is 10.9.